The molecule has 7 N–H and O–H groups in total. The second-order valence-corrected chi connectivity index (χ2v) is 12.1. The van der Waals surface area contributed by atoms with E-state index < -0.39 is 72.3 Å². The fraction of sp³-hybridized carbons (Fsp3) is 0.600. The van der Waals surface area contributed by atoms with Crippen LogP contribution in [0.5, 0.6) is 11.5 Å². The van der Waals surface area contributed by atoms with Gasteiger partial charge in [-0.25, -0.2) is 9.59 Å². The predicted octanol–water partition coefficient (Wildman–Crippen LogP) is 1.46. The lowest BCUT2D eigenvalue weighted by Crippen LogP contribution is -2.63. The number of carbonyl (C=O) groups is 2. The van der Waals surface area contributed by atoms with E-state index in [1.54, 1.807) is 6.92 Å². The molecule has 5 unspecified atom stereocenters. The van der Waals surface area contributed by atoms with Gasteiger partial charge in [-0.1, -0.05) is 19.6 Å². The van der Waals surface area contributed by atoms with Gasteiger partial charge in [0.2, 0.25) is 0 Å². The summed E-state index contributed by atoms with van der Waals surface area (Å²) in [6.45, 7) is 6.92. The van der Waals surface area contributed by atoms with Gasteiger partial charge in [-0.05, 0) is 80.1 Å². The Bertz CT molecular complexity index is 1210. The van der Waals surface area contributed by atoms with Crippen LogP contribution < -0.4 is 0 Å². The first-order valence-electron chi connectivity index (χ1n) is 14.0. The SMILES string of the molecule is C=C(C(=O)O)C1CC(O[C@@H]2O[C@H](COC(=O)/C=C/c3ccc(O)c(O)c3)[C@@H](O)[C@H](O)[C@H]2O)C2(C)CCCC(C)(O)C2C1. The minimum Gasteiger partial charge on any atom is -0.504 e. The smallest absolute Gasteiger partial charge is 0.331 e. The molecule has 1 aromatic carbocycles. The third-order valence-corrected chi connectivity index (χ3v) is 9.24. The number of ether oxygens (including phenoxy) is 3. The van der Waals surface area contributed by atoms with Crippen LogP contribution in [0.2, 0.25) is 0 Å². The van der Waals surface area contributed by atoms with Gasteiger partial charge in [-0.15, -0.1) is 0 Å². The topological polar surface area (TPSA) is 203 Å². The van der Waals surface area contributed by atoms with Crippen LogP contribution in [0, 0.1) is 17.3 Å². The van der Waals surface area contributed by atoms with E-state index in [9.17, 15) is 45.3 Å². The standard InChI is InChI=1S/C30H40O12/c1-15(27(37)38)17-12-21-29(2,9-4-10-30(21,3)39)22(13-17)42-28-26(36)25(35)24(34)20(41-28)14-40-23(33)8-6-16-5-7-18(31)19(32)11-16/h5-8,11,17,20-22,24-26,28,31-32,34-36,39H,1,4,9-10,12-14H2,2-3H3,(H,37,38)/b8-6+/t17?,20-,21?,22?,24-,25+,26-,28+,29?,30?/m1/s1. The second kappa shape index (κ2) is 12.3. The van der Waals surface area contributed by atoms with Crippen LogP contribution >= 0.6 is 0 Å². The fourth-order valence-electron chi connectivity index (χ4n) is 6.72. The molecular formula is C30H40O12. The van der Waals surface area contributed by atoms with Gasteiger partial charge in [0.15, 0.2) is 17.8 Å². The van der Waals surface area contributed by atoms with E-state index in [-0.39, 0.29) is 29.4 Å². The zero-order chi connectivity index (χ0) is 31.0. The molecule has 2 saturated carbocycles. The number of rotatable bonds is 8. The number of aromatic hydroxyl groups is 2. The van der Waals surface area contributed by atoms with Gasteiger partial charge < -0.3 is 50.0 Å². The highest BCUT2D eigenvalue weighted by molar-refractivity contribution is 5.87. The number of carbonyl (C=O) groups excluding carboxylic acids is 1. The molecule has 1 heterocycles. The summed E-state index contributed by atoms with van der Waals surface area (Å²) in [5.41, 5.74) is -1.30. The van der Waals surface area contributed by atoms with E-state index in [1.165, 1.54) is 24.3 Å². The summed E-state index contributed by atoms with van der Waals surface area (Å²) in [4.78, 5) is 24.1. The number of carboxylic acid groups (broad SMARTS) is 1. The van der Waals surface area contributed by atoms with Crippen molar-refractivity contribution in [2.45, 2.75) is 88.4 Å². The first-order chi connectivity index (χ1) is 19.6. The molecule has 0 aromatic heterocycles. The van der Waals surface area contributed by atoms with Crippen LogP contribution in [-0.4, -0.2) is 96.7 Å². The summed E-state index contributed by atoms with van der Waals surface area (Å²) in [6.07, 6.45) is -3.44. The average molecular weight is 593 g/mol. The average Bonchev–Trinajstić information content (AvgIpc) is 2.93. The third kappa shape index (κ3) is 6.48. The maximum absolute atomic E-state index is 12.3. The van der Waals surface area contributed by atoms with E-state index in [1.807, 2.05) is 6.92 Å². The molecule has 10 atom stereocenters. The number of esters is 1. The van der Waals surface area contributed by atoms with Crippen molar-refractivity contribution < 1.29 is 59.5 Å². The summed E-state index contributed by atoms with van der Waals surface area (Å²) < 4.78 is 17.2. The maximum atomic E-state index is 12.3. The highest BCUT2D eigenvalue weighted by Gasteiger charge is 2.58. The molecule has 4 rings (SSSR count). The molecule has 2 aliphatic carbocycles. The number of phenols is 2. The number of carboxylic acids is 1. The van der Waals surface area contributed by atoms with Crippen molar-refractivity contribution in [3.05, 3.63) is 42.0 Å². The molecule has 3 fully saturated rings. The lowest BCUT2D eigenvalue weighted by atomic mass is 9.51. The van der Waals surface area contributed by atoms with Crippen molar-refractivity contribution in [2.24, 2.45) is 17.3 Å². The second-order valence-electron chi connectivity index (χ2n) is 12.1. The fourth-order valence-corrected chi connectivity index (χ4v) is 6.72. The summed E-state index contributed by atoms with van der Waals surface area (Å²) in [5.74, 6) is -3.50. The highest BCUT2D eigenvalue weighted by Crippen LogP contribution is 2.57. The Morgan fingerprint density at radius 2 is 1.79 bits per heavy atom. The molecule has 0 bridgehead atoms. The van der Waals surface area contributed by atoms with E-state index >= 15 is 0 Å². The van der Waals surface area contributed by atoms with Crippen molar-refractivity contribution in [3.63, 3.8) is 0 Å². The van der Waals surface area contributed by atoms with Gasteiger partial charge in [0.1, 0.15) is 31.0 Å². The summed E-state index contributed by atoms with van der Waals surface area (Å²) >= 11 is 0. The van der Waals surface area contributed by atoms with Crippen molar-refractivity contribution in [3.8, 4) is 11.5 Å². The lowest BCUT2D eigenvalue weighted by Gasteiger charge is -2.58. The van der Waals surface area contributed by atoms with Gasteiger partial charge in [-0.3, -0.25) is 0 Å². The normalized spacial score (nSPS) is 38.5. The number of phenolic OH excluding ortho intramolecular Hbond substituents is 2. The molecule has 0 amide bonds. The first-order valence-corrected chi connectivity index (χ1v) is 14.0. The molecule has 1 saturated heterocycles. The number of hydrogen-bond acceptors (Lipinski definition) is 11. The zero-order valence-electron chi connectivity index (χ0n) is 23.6. The van der Waals surface area contributed by atoms with Crippen LogP contribution in [0.15, 0.2) is 36.4 Å². The zero-order valence-corrected chi connectivity index (χ0v) is 23.6. The number of benzene rings is 1. The Morgan fingerprint density at radius 3 is 2.45 bits per heavy atom. The molecular weight excluding hydrogens is 552 g/mol. The molecule has 12 nitrogen and oxygen atoms in total. The highest BCUT2D eigenvalue weighted by atomic mass is 16.7. The van der Waals surface area contributed by atoms with Crippen LogP contribution in [0.3, 0.4) is 0 Å². The van der Waals surface area contributed by atoms with Crippen LogP contribution in [-0.2, 0) is 23.8 Å². The minimum absolute atomic E-state index is 0.00653. The molecule has 0 spiro atoms. The Balaban J connectivity index is 1.47. The first kappa shape index (κ1) is 31.9. The lowest BCUT2D eigenvalue weighted by molar-refractivity contribution is -0.330. The number of aliphatic hydroxyl groups excluding tert-OH is 3. The van der Waals surface area contributed by atoms with Gasteiger partial charge in [0, 0.05) is 11.6 Å². The van der Waals surface area contributed by atoms with Crippen LogP contribution in [0.4, 0.5) is 0 Å². The number of aliphatic hydroxyl groups is 4. The van der Waals surface area contributed by atoms with E-state index in [0.29, 0.717) is 31.2 Å². The summed E-state index contributed by atoms with van der Waals surface area (Å²) in [6, 6.07) is 3.96. The van der Waals surface area contributed by atoms with Crippen molar-refractivity contribution in [1.82, 2.24) is 0 Å². The minimum atomic E-state index is -1.70. The van der Waals surface area contributed by atoms with Gasteiger partial charge in [-0.2, -0.15) is 0 Å². The molecule has 42 heavy (non-hydrogen) atoms. The van der Waals surface area contributed by atoms with Gasteiger partial charge >= 0.3 is 11.9 Å². The molecule has 3 aliphatic rings. The van der Waals surface area contributed by atoms with Gasteiger partial charge in [0.25, 0.3) is 0 Å². The Kier molecular flexibility index (Phi) is 9.36. The third-order valence-electron chi connectivity index (χ3n) is 9.24. The Morgan fingerprint density at radius 1 is 1.07 bits per heavy atom. The quantitative estimate of drug-likeness (QED) is 0.130. The van der Waals surface area contributed by atoms with E-state index in [2.05, 4.69) is 6.58 Å². The monoisotopic (exact) mass is 592 g/mol. The molecule has 0 radical (unpaired) electrons. The van der Waals surface area contributed by atoms with E-state index in [4.69, 9.17) is 14.2 Å². The van der Waals surface area contributed by atoms with Crippen molar-refractivity contribution in [1.29, 1.82) is 0 Å². The van der Waals surface area contributed by atoms with Gasteiger partial charge in [0.05, 0.1) is 11.7 Å². The molecule has 1 aliphatic heterocycles. The molecule has 1 aromatic rings. The summed E-state index contributed by atoms with van der Waals surface area (Å²) in [5, 5.41) is 71.7. The van der Waals surface area contributed by atoms with Crippen molar-refractivity contribution in [2.75, 3.05) is 6.61 Å². The summed E-state index contributed by atoms with van der Waals surface area (Å²) in [7, 11) is 0. The Hall–Kier alpha value is -3.00. The Labute approximate surface area is 243 Å². The number of hydrogen-bond donors (Lipinski definition) is 7. The molecule has 232 valence electrons. The van der Waals surface area contributed by atoms with Crippen LogP contribution in [0.25, 0.3) is 6.08 Å². The largest absolute Gasteiger partial charge is 0.504 e. The number of aliphatic carboxylic acids is 1. The van der Waals surface area contributed by atoms with E-state index in [0.717, 1.165) is 6.08 Å². The van der Waals surface area contributed by atoms with Crippen LogP contribution in [0.1, 0.15) is 51.5 Å². The van der Waals surface area contributed by atoms with Crippen molar-refractivity contribution >= 4 is 18.0 Å². The predicted molar refractivity (Wildman–Crippen MR) is 147 cm³/mol. The molecule has 12 heteroatoms. The maximum Gasteiger partial charge on any atom is 0.331 e. The number of fused-ring (bicyclic) bond motifs is 1.